The summed E-state index contributed by atoms with van der Waals surface area (Å²) in [7, 11) is -3.56. The Hall–Kier alpha value is -1.37. The first-order chi connectivity index (χ1) is 9.85. The van der Waals surface area contributed by atoms with Gasteiger partial charge in [0.15, 0.2) is 0 Å². The second kappa shape index (κ2) is 6.17. The van der Waals surface area contributed by atoms with Crippen molar-refractivity contribution >= 4 is 27.0 Å². The first kappa shape index (κ1) is 16.0. The van der Waals surface area contributed by atoms with Crippen LogP contribution in [0.2, 0.25) is 0 Å². The minimum Gasteiger partial charge on any atom is -0.399 e. The highest BCUT2D eigenvalue weighted by molar-refractivity contribution is 7.89. The van der Waals surface area contributed by atoms with E-state index in [9.17, 15) is 8.42 Å². The summed E-state index contributed by atoms with van der Waals surface area (Å²) in [6.07, 6.45) is 0.900. The number of nitrogen functional groups attached to an aromatic ring is 1. The van der Waals surface area contributed by atoms with E-state index in [2.05, 4.69) is 11.6 Å². The van der Waals surface area contributed by atoms with Crippen molar-refractivity contribution < 1.29 is 8.42 Å². The third-order valence-corrected chi connectivity index (χ3v) is 6.06. The fourth-order valence-corrected chi connectivity index (χ4v) is 4.56. The van der Waals surface area contributed by atoms with Crippen molar-refractivity contribution in [1.29, 1.82) is 0 Å². The summed E-state index contributed by atoms with van der Waals surface area (Å²) in [5, 5.41) is 1.98. The molecule has 0 unspecified atom stereocenters. The first-order valence-corrected chi connectivity index (χ1v) is 9.13. The van der Waals surface area contributed by atoms with Crippen LogP contribution in [0.3, 0.4) is 0 Å². The lowest BCUT2D eigenvalue weighted by Crippen LogP contribution is -2.24. The van der Waals surface area contributed by atoms with Gasteiger partial charge in [0.2, 0.25) is 10.0 Å². The maximum atomic E-state index is 12.5. The van der Waals surface area contributed by atoms with Crippen molar-refractivity contribution in [3.63, 3.8) is 0 Å². The Balaban J connectivity index is 2.27. The van der Waals surface area contributed by atoms with Crippen molar-refractivity contribution in [2.45, 2.75) is 38.6 Å². The van der Waals surface area contributed by atoms with E-state index in [0.29, 0.717) is 12.2 Å². The lowest BCUT2D eigenvalue weighted by atomic mass is 10.1. The van der Waals surface area contributed by atoms with E-state index < -0.39 is 10.0 Å². The number of nitrogens with two attached hydrogens (primary N) is 1. The number of anilines is 1. The van der Waals surface area contributed by atoms with Gasteiger partial charge >= 0.3 is 0 Å². The van der Waals surface area contributed by atoms with Crippen LogP contribution in [0.25, 0.3) is 0 Å². The number of aryl methyl sites for hydroxylation is 2. The molecule has 0 aliphatic carbocycles. The molecule has 21 heavy (non-hydrogen) atoms. The zero-order chi connectivity index (χ0) is 15.6. The predicted octanol–water partition coefficient (Wildman–Crippen LogP) is 2.99. The summed E-state index contributed by atoms with van der Waals surface area (Å²) in [5.74, 6) is 0. The minimum atomic E-state index is -3.56. The van der Waals surface area contributed by atoms with Crippen molar-refractivity contribution in [2.24, 2.45) is 0 Å². The Morgan fingerprint density at radius 1 is 1.29 bits per heavy atom. The maximum absolute atomic E-state index is 12.5. The van der Waals surface area contributed by atoms with E-state index in [4.69, 9.17) is 5.73 Å². The number of benzene rings is 1. The largest absolute Gasteiger partial charge is 0.399 e. The van der Waals surface area contributed by atoms with Gasteiger partial charge in [-0.05, 0) is 60.5 Å². The van der Waals surface area contributed by atoms with Gasteiger partial charge in [0.1, 0.15) is 0 Å². The molecule has 1 aromatic carbocycles. The molecule has 1 aromatic heterocycles. The average molecular weight is 324 g/mol. The number of sulfonamides is 1. The van der Waals surface area contributed by atoms with Crippen LogP contribution in [-0.4, -0.2) is 8.42 Å². The Bertz CT molecular complexity index is 749. The Morgan fingerprint density at radius 2 is 2.00 bits per heavy atom. The van der Waals surface area contributed by atoms with Gasteiger partial charge in [0.05, 0.1) is 4.90 Å². The van der Waals surface area contributed by atoms with Crippen LogP contribution in [-0.2, 0) is 23.0 Å². The van der Waals surface area contributed by atoms with Crippen molar-refractivity contribution in [1.82, 2.24) is 4.72 Å². The normalized spacial score (nSPS) is 11.8. The van der Waals surface area contributed by atoms with Crippen molar-refractivity contribution in [2.75, 3.05) is 5.73 Å². The fraction of sp³-hybridized carbons (Fsp3) is 0.333. The Morgan fingerprint density at radius 3 is 2.67 bits per heavy atom. The van der Waals surface area contributed by atoms with Crippen LogP contribution < -0.4 is 10.5 Å². The van der Waals surface area contributed by atoms with Crippen LogP contribution >= 0.6 is 11.3 Å². The zero-order valence-electron chi connectivity index (χ0n) is 12.4. The molecule has 0 atom stereocenters. The molecular weight excluding hydrogens is 304 g/mol. The van der Waals surface area contributed by atoms with Crippen molar-refractivity contribution in [3.8, 4) is 0 Å². The summed E-state index contributed by atoms with van der Waals surface area (Å²) >= 11 is 1.57. The summed E-state index contributed by atoms with van der Waals surface area (Å²) in [5.41, 5.74) is 9.03. The van der Waals surface area contributed by atoms with E-state index in [0.717, 1.165) is 22.4 Å². The number of rotatable bonds is 5. The first-order valence-electron chi connectivity index (χ1n) is 6.76. The van der Waals surface area contributed by atoms with Crippen molar-refractivity contribution in [3.05, 3.63) is 45.1 Å². The molecule has 0 spiro atoms. The molecule has 0 saturated carbocycles. The predicted molar refractivity (Wildman–Crippen MR) is 88.1 cm³/mol. The molecule has 0 aliphatic rings. The number of hydrogen-bond donors (Lipinski definition) is 2. The van der Waals surface area contributed by atoms with Crippen LogP contribution in [0.5, 0.6) is 0 Å². The second-order valence-electron chi connectivity index (χ2n) is 5.01. The number of nitrogens with one attached hydrogen (secondary N) is 1. The zero-order valence-corrected chi connectivity index (χ0v) is 14.1. The lowest BCUT2D eigenvalue weighted by molar-refractivity contribution is 0.581. The molecule has 1 heterocycles. The molecule has 114 valence electrons. The molecule has 0 aliphatic heterocycles. The smallest absolute Gasteiger partial charge is 0.241 e. The van der Waals surface area contributed by atoms with E-state index in [1.807, 2.05) is 18.4 Å². The lowest BCUT2D eigenvalue weighted by Gasteiger charge is -2.12. The van der Waals surface area contributed by atoms with Gasteiger partial charge in [-0.1, -0.05) is 6.92 Å². The van der Waals surface area contributed by atoms with E-state index >= 15 is 0 Å². The molecule has 0 bridgehead atoms. The molecule has 0 radical (unpaired) electrons. The monoisotopic (exact) mass is 324 g/mol. The third kappa shape index (κ3) is 3.45. The van der Waals surface area contributed by atoms with Crippen LogP contribution in [0, 0.1) is 13.8 Å². The Labute approximate surface area is 130 Å². The van der Waals surface area contributed by atoms with Gasteiger partial charge in [0.25, 0.3) is 0 Å². The van der Waals surface area contributed by atoms with Gasteiger partial charge in [-0.2, -0.15) is 0 Å². The second-order valence-corrected chi connectivity index (χ2v) is 7.74. The highest BCUT2D eigenvalue weighted by atomic mass is 32.2. The molecule has 0 saturated heterocycles. The molecule has 2 aromatic rings. The number of thiophene rings is 1. The third-order valence-electron chi connectivity index (χ3n) is 3.57. The highest BCUT2D eigenvalue weighted by Gasteiger charge is 2.19. The van der Waals surface area contributed by atoms with Gasteiger partial charge in [-0.25, -0.2) is 13.1 Å². The molecule has 0 fully saturated rings. The summed E-state index contributed by atoms with van der Waals surface area (Å²) in [6, 6.07) is 5.33. The van der Waals surface area contributed by atoms with Crippen LogP contribution in [0.15, 0.2) is 28.5 Å². The van der Waals surface area contributed by atoms with Gasteiger partial charge < -0.3 is 5.73 Å². The maximum Gasteiger partial charge on any atom is 0.241 e. The highest BCUT2D eigenvalue weighted by Crippen LogP contribution is 2.23. The van der Waals surface area contributed by atoms with E-state index in [1.54, 1.807) is 24.3 Å². The molecular formula is C15H20N2O2S2. The molecule has 4 nitrogen and oxygen atoms in total. The molecule has 0 amide bonds. The average Bonchev–Trinajstić information content (AvgIpc) is 2.88. The van der Waals surface area contributed by atoms with Gasteiger partial charge in [-0.15, -0.1) is 11.3 Å². The molecule has 3 N–H and O–H groups in total. The summed E-state index contributed by atoms with van der Waals surface area (Å²) in [6.45, 7) is 6.03. The number of hydrogen-bond acceptors (Lipinski definition) is 4. The fourth-order valence-electron chi connectivity index (χ4n) is 2.21. The quantitative estimate of drug-likeness (QED) is 0.831. The van der Waals surface area contributed by atoms with Gasteiger partial charge in [-0.3, -0.25) is 0 Å². The molecule has 2 rings (SSSR count). The van der Waals surface area contributed by atoms with E-state index in [1.165, 1.54) is 11.6 Å². The SMILES string of the molecule is CCc1ccsc1CNS(=O)(=O)c1cc(N)cc(C)c1C. The summed E-state index contributed by atoms with van der Waals surface area (Å²) in [4.78, 5) is 1.31. The minimum absolute atomic E-state index is 0.259. The standard InChI is InChI=1S/C15H20N2O2S2/c1-4-12-5-6-20-14(12)9-17-21(18,19)15-8-13(16)7-10(2)11(15)3/h5-8,17H,4,9,16H2,1-3H3. The van der Waals surface area contributed by atoms with E-state index in [-0.39, 0.29) is 4.90 Å². The Kier molecular flexibility index (Phi) is 4.70. The van der Waals surface area contributed by atoms with Gasteiger partial charge in [0, 0.05) is 17.1 Å². The van der Waals surface area contributed by atoms with Crippen LogP contribution in [0.1, 0.15) is 28.5 Å². The van der Waals surface area contributed by atoms with Crippen LogP contribution in [0.4, 0.5) is 5.69 Å². The topological polar surface area (TPSA) is 72.2 Å². The summed E-state index contributed by atoms with van der Waals surface area (Å²) < 4.78 is 27.7. The molecule has 6 heteroatoms.